The average molecular weight is 408 g/mol. The maximum absolute atomic E-state index is 12.6. The molecule has 1 amide bonds. The number of guanidine groups is 1. The van der Waals surface area contributed by atoms with Crippen LogP contribution in [0, 0.1) is 5.92 Å². The van der Waals surface area contributed by atoms with Gasteiger partial charge in [-0.05, 0) is 43.9 Å². The number of hydrogen-bond acceptors (Lipinski definition) is 3. The minimum atomic E-state index is -2.84. The van der Waals surface area contributed by atoms with Crippen LogP contribution in [0.3, 0.4) is 0 Å². The molecule has 1 saturated heterocycles. The molecule has 1 aromatic carbocycles. The Morgan fingerprint density at radius 3 is 2.83 bits per heavy atom. The minimum absolute atomic E-state index is 0.127. The van der Waals surface area contributed by atoms with Crippen molar-refractivity contribution in [2.45, 2.75) is 58.2 Å². The number of aliphatic imine (C=N–C) groups is 1. The lowest BCUT2D eigenvalue weighted by molar-refractivity contribution is -0.134. The Hall–Kier alpha value is -2.38. The van der Waals surface area contributed by atoms with E-state index in [1.165, 1.54) is 6.07 Å². The molecule has 0 radical (unpaired) electrons. The molecule has 1 saturated carbocycles. The summed E-state index contributed by atoms with van der Waals surface area (Å²) in [6.07, 6.45) is 5.25. The number of hydrogen-bond donors (Lipinski definition) is 2. The number of alkyl halides is 2. The van der Waals surface area contributed by atoms with Crippen molar-refractivity contribution < 1.29 is 18.3 Å². The van der Waals surface area contributed by atoms with Gasteiger partial charge in [0.25, 0.3) is 0 Å². The van der Waals surface area contributed by atoms with Gasteiger partial charge in [-0.15, -0.1) is 0 Å². The SMILES string of the molecule is CCNC(=NCc1cccc(OC(F)F)c1)NC1CCN(C(=O)C2CCCC2)C1. The van der Waals surface area contributed by atoms with Crippen LogP contribution in [-0.2, 0) is 11.3 Å². The molecule has 1 aliphatic carbocycles. The standard InChI is InChI=1S/C21H30F2N4O2/c1-2-24-21(25-13-15-6-5-9-18(12-15)29-20(22)23)26-17-10-11-27(14-17)19(28)16-7-3-4-8-16/h5-6,9,12,16-17,20H,2-4,7-8,10-11,13-14H2,1H3,(H2,24,25,26). The normalized spacial score (nSPS) is 20.3. The van der Waals surface area contributed by atoms with Crippen molar-refractivity contribution in [3.63, 3.8) is 0 Å². The highest BCUT2D eigenvalue weighted by molar-refractivity contribution is 5.81. The Bertz CT molecular complexity index is 708. The first-order valence-corrected chi connectivity index (χ1v) is 10.4. The smallest absolute Gasteiger partial charge is 0.387 e. The second-order valence-electron chi connectivity index (χ2n) is 7.62. The van der Waals surface area contributed by atoms with E-state index in [1.54, 1.807) is 12.1 Å². The fourth-order valence-corrected chi connectivity index (χ4v) is 4.01. The summed E-state index contributed by atoms with van der Waals surface area (Å²) in [6.45, 7) is 1.66. The molecule has 1 aromatic rings. The molecule has 29 heavy (non-hydrogen) atoms. The third-order valence-electron chi connectivity index (χ3n) is 5.43. The highest BCUT2D eigenvalue weighted by Gasteiger charge is 2.32. The van der Waals surface area contributed by atoms with Crippen molar-refractivity contribution in [3.05, 3.63) is 29.8 Å². The van der Waals surface area contributed by atoms with Crippen molar-refractivity contribution in [1.82, 2.24) is 15.5 Å². The van der Waals surface area contributed by atoms with E-state index in [9.17, 15) is 13.6 Å². The van der Waals surface area contributed by atoms with Crippen molar-refractivity contribution in [1.29, 1.82) is 0 Å². The summed E-state index contributed by atoms with van der Waals surface area (Å²) in [7, 11) is 0. The number of halogens is 2. The van der Waals surface area contributed by atoms with Crippen LogP contribution in [0.15, 0.2) is 29.3 Å². The largest absolute Gasteiger partial charge is 0.435 e. The summed E-state index contributed by atoms with van der Waals surface area (Å²) in [5, 5.41) is 6.61. The predicted molar refractivity (Wildman–Crippen MR) is 108 cm³/mol. The monoisotopic (exact) mass is 408 g/mol. The Kier molecular flexibility index (Phi) is 7.66. The second kappa shape index (κ2) is 10.4. The summed E-state index contributed by atoms with van der Waals surface area (Å²) in [5.41, 5.74) is 0.782. The zero-order chi connectivity index (χ0) is 20.6. The number of rotatable bonds is 7. The molecule has 2 N–H and O–H groups in total. The molecule has 0 spiro atoms. The summed E-state index contributed by atoms with van der Waals surface area (Å²) >= 11 is 0. The highest BCUT2D eigenvalue weighted by Crippen LogP contribution is 2.27. The molecule has 3 rings (SSSR count). The summed E-state index contributed by atoms with van der Waals surface area (Å²) < 4.78 is 29.2. The maximum Gasteiger partial charge on any atom is 0.387 e. The quantitative estimate of drug-likeness (QED) is 0.537. The van der Waals surface area contributed by atoms with Gasteiger partial charge < -0.3 is 20.3 Å². The lowest BCUT2D eigenvalue weighted by Crippen LogP contribution is -2.45. The minimum Gasteiger partial charge on any atom is -0.435 e. The van der Waals surface area contributed by atoms with Crippen LogP contribution in [0.1, 0.15) is 44.6 Å². The predicted octanol–water partition coefficient (Wildman–Crippen LogP) is 3.13. The van der Waals surface area contributed by atoms with Gasteiger partial charge in [0, 0.05) is 31.6 Å². The zero-order valence-electron chi connectivity index (χ0n) is 16.9. The van der Waals surface area contributed by atoms with E-state index in [2.05, 4.69) is 20.4 Å². The summed E-state index contributed by atoms with van der Waals surface area (Å²) in [6, 6.07) is 6.72. The van der Waals surface area contributed by atoms with E-state index in [4.69, 9.17) is 0 Å². The van der Waals surface area contributed by atoms with Crippen molar-refractivity contribution in [3.8, 4) is 5.75 Å². The van der Waals surface area contributed by atoms with Crippen LogP contribution < -0.4 is 15.4 Å². The Labute approximate surface area is 170 Å². The number of nitrogens with one attached hydrogen (secondary N) is 2. The first-order chi connectivity index (χ1) is 14.0. The average Bonchev–Trinajstić information content (AvgIpc) is 3.38. The van der Waals surface area contributed by atoms with Gasteiger partial charge in [0.2, 0.25) is 5.91 Å². The third-order valence-corrected chi connectivity index (χ3v) is 5.43. The van der Waals surface area contributed by atoms with E-state index in [0.29, 0.717) is 31.5 Å². The summed E-state index contributed by atoms with van der Waals surface area (Å²) in [4.78, 5) is 19.1. The fraction of sp³-hybridized carbons (Fsp3) is 0.619. The molecular weight excluding hydrogens is 378 g/mol. The molecule has 6 nitrogen and oxygen atoms in total. The van der Waals surface area contributed by atoms with E-state index < -0.39 is 6.61 Å². The van der Waals surface area contributed by atoms with Crippen LogP contribution in [0.4, 0.5) is 8.78 Å². The molecule has 2 fully saturated rings. The number of ether oxygens (including phenoxy) is 1. The first-order valence-electron chi connectivity index (χ1n) is 10.4. The molecule has 2 aliphatic rings. The van der Waals surface area contributed by atoms with Gasteiger partial charge in [-0.25, -0.2) is 4.99 Å². The fourth-order valence-electron chi connectivity index (χ4n) is 4.01. The van der Waals surface area contributed by atoms with Gasteiger partial charge in [-0.2, -0.15) is 8.78 Å². The van der Waals surface area contributed by atoms with Gasteiger partial charge in [0.05, 0.1) is 6.54 Å². The first kappa shape index (κ1) is 21.3. The lowest BCUT2D eigenvalue weighted by atomic mass is 10.1. The van der Waals surface area contributed by atoms with Crippen LogP contribution >= 0.6 is 0 Å². The van der Waals surface area contributed by atoms with E-state index in [0.717, 1.165) is 44.2 Å². The lowest BCUT2D eigenvalue weighted by Gasteiger charge is -2.21. The number of carbonyl (C=O) groups is 1. The van der Waals surface area contributed by atoms with Crippen LogP contribution in [0.25, 0.3) is 0 Å². The molecule has 1 aliphatic heterocycles. The van der Waals surface area contributed by atoms with Crippen LogP contribution in [0.5, 0.6) is 5.75 Å². The van der Waals surface area contributed by atoms with E-state index in [-0.39, 0.29) is 17.7 Å². The molecule has 160 valence electrons. The molecule has 1 atom stereocenters. The van der Waals surface area contributed by atoms with Gasteiger partial charge in [-0.1, -0.05) is 25.0 Å². The van der Waals surface area contributed by atoms with Gasteiger partial charge in [0.15, 0.2) is 5.96 Å². The Morgan fingerprint density at radius 2 is 2.10 bits per heavy atom. The Morgan fingerprint density at radius 1 is 1.31 bits per heavy atom. The van der Waals surface area contributed by atoms with Crippen LogP contribution in [-0.4, -0.2) is 49.1 Å². The number of carbonyl (C=O) groups excluding carboxylic acids is 1. The zero-order valence-corrected chi connectivity index (χ0v) is 16.9. The molecule has 0 bridgehead atoms. The topological polar surface area (TPSA) is 66.0 Å². The van der Waals surface area contributed by atoms with Crippen molar-refractivity contribution >= 4 is 11.9 Å². The maximum atomic E-state index is 12.6. The van der Waals surface area contributed by atoms with Crippen molar-refractivity contribution in [2.24, 2.45) is 10.9 Å². The second-order valence-corrected chi connectivity index (χ2v) is 7.62. The molecule has 8 heteroatoms. The summed E-state index contributed by atoms with van der Waals surface area (Å²) in [5.74, 6) is 1.29. The van der Waals surface area contributed by atoms with Crippen LogP contribution in [0.2, 0.25) is 0 Å². The van der Waals surface area contributed by atoms with Gasteiger partial charge >= 0.3 is 6.61 Å². The molecular formula is C21H30F2N4O2. The number of nitrogens with zero attached hydrogens (tertiary/aromatic N) is 2. The van der Waals surface area contributed by atoms with E-state index in [1.807, 2.05) is 17.9 Å². The molecule has 0 aromatic heterocycles. The third kappa shape index (κ3) is 6.30. The molecule has 1 heterocycles. The molecule has 1 unspecified atom stereocenters. The van der Waals surface area contributed by atoms with Gasteiger partial charge in [-0.3, -0.25) is 4.79 Å². The number of amides is 1. The Balaban J connectivity index is 1.55. The number of likely N-dealkylation sites (tertiary alicyclic amines) is 1. The van der Waals surface area contributed by atoms with E-state index >= 15 is 0 Å². The highest BCUT2D eigenvalue weighted by atomic mass is 19.3. The number of benzene rings is 1. The van der Waals surface area contributed by atoms with Gasteiger partial charge in [0.1, 0.15) is 5.75 Å². The van der Waals surface area contributed by atoms with Crippen molar-refractivity contribution in [2.75, 3.05) is 19.6 Å².